The monoisotopic (exact) mass is 195 g/mol. The van der Waals surface area contributed by atoms with Crippen LogP contribution in [0, 0.1) is 0 Å². The van der Waals surface area contributed by atoms with Crippen molar-refractivity contribution in [3.63, 3.8) is 0 Å². The van der Waals surface area contributed by atoms with E-state index in [1.165, 1.54) is 0 Å². The van der Waals surface area contributed by atoms with Crippen LogP contribution < -0.4 is 0 Å². The van der Waals surface area contributed by atoms with Crippen molar-refractivity contribution in [1.29, 1.82) is 0 Å². The van der Waals surface area contributed by atoms with E-state index in [0.717, 1.165) is 13.7 Å². The third kappa shape index (κ3) is 5.12. The molecule has 5 heavy (non-hydrogen) atoms. The summed E-state index contributed by atoms with van der Waals surface area (Å²) in [4.78, 5) is 0. The second-order valence-electron chi connectivity index (χ2n) is 1.05. The van der Waals surface area contributed by atoms with Gasteiger partial charge in [-0.3, -0.25) is 0 Å². The molecule has 0 atom stereocenters. The first-order valence-corrected chi connectivity index (χ1v) is 12.4. The van der Waals surface area contributed by atoms with Crippen molar-refractivity contribution in [3.8, 4) is 0 Å². The van der Waals surface area contributed by atoms with Crippen molar-refractivity contribution >= 4 is 26.3 Å². The van der Waals surface area contributed by atoms with Gasteiger partial charge in [0.15, 0.2) is 0 Å². The van der Waals surface area contributed by atoms with Crippen molar-refractivity contribution in [3.05, 3.63) is 0 Å². The molecule has 0 aromatic heterocycles. The second-order valence-corrected chi connectivity index (χ2v) is 18.5. The van der Waals surface area contributed by atoms with Gasteiger partial charge in [0, 0.05) is 0 Å². The van der Waals surface area contributed by atoms with E-state index in [9.17, 15) is 0 Å². The Hall–Kier alpha value is 1.12. The van der Waals surface area contributed by atoms with E-state index in [4.69, 9.17) is 0 Å². The Kier molecular flexibility index (Phi) is 4.05. The molecule has 31 valence electrons. The molecule has 0 fully saturated rings. The van der Waals surface area contributed by atoms with Crippen LogP contribution in [0.15, 0.2) is 0 Å². The van der Waals surface area contributed by atoms with Crippen molar-refractivity contribution < 1.29 is 0 Å². The summed E-state index contributed by atoms with van der Waals surface area (Å²) in [6.45, 7) is 0. The number of rotatable bonds is 1. The summed E-state index contributed by atoms with van der Waals surface area (Å²) in [7, 11) is 0. The molecule has 0 aromatic rings. The molecule has 0 amide bonds. The predicted octanol–water partition coefficient (Wildman–Crippen LogP) is 0.990. The Bertz CT molecular complexity index is 18.9. The van der Waals surface area contributed by atoms with Crippen LogP contribution in [0.1, 0.15) is 0 Å². The summed E-state index contributed by atoms with van der Waals surface area (Å²) in [5, 5.41) is 0. The molecular weight excluding hydrogens is 186 g/mol. The Morgan fingerprint density at radius 1 is 1.40 bits per heavy atom. The van der Waals surface area contributed by atoms with Gasteiger partial charge >= 0.3 is 43.4 Å². The van der Waals surface area contributed by atoms with Crippen molar-refractivity contribution in [2.45, 2.75) is 17.1 Å². The minimum absolute atomic E-state index is 0.108. The third-order valence-corrected chi connectivity index (χ3v) is 10.8. The van der Waals surface area contributed by atoms with Gasteiger partial charge in [-0.25, -0.2) is 0 Å². The van der Waals surface area contributed by atoms with Crippen LogP contribution in [0.3, 0.4) is 0 Å². The van der Waals surface area contributed by atoms with Gasteiger partial charge in [-0.15, -0.1) is 0 Å². The maximum absolute atomic E-state index is 2.41. The van der Waals surface area contributed by atoms with Crippen molar-refractivity contribution in [1.82, 2.24) is 0 Å². The van der Waals surface area contributed by atoms with Gasteiger partial charge in [-0.05, 0) is 0 Å². The maximum atomic E-state index is 2.41. The normalized spacial score (nSPS) is 12.0. The van der Waals surface area contributed by atoms with E-state index in [0.29, 0.717) is 0 Å². The summed E-state index contributed by atoms with van der Waals surface area (Å²) in [5.74, 6) is 0. The van der Waals surface area contributed by atoms with E-state index in [2.05, 4.69) is 17.1 Å². The molecule has 0 bridgehead atoms. The van der Waals surface area contributed by atoms with Crippen LogP contribution in [0.25, 0.3) is 0 Å². The first-order chi connectivity index (χ1) is 2.27. The van der Waals surface area contributed by atoms with E-state index < -0.39 is 0 Å². The Labute approximate surface area is 43.6 Å². The quantitative estimate of drug-likeness (QED) is 0.547. The van der Waals surface area contributed by atoms with Crippen LogP contribution in [0.4, 0.5) is 0 Å². The zero-order chi connectivity index (χ0) is 4.28. The Morgan fingerprint density at radius 2 is 1.60 bits per heavy atom. The van der Waals surface area contributed by atoms with Crippen LogP contribution in [0.5, 0.6) is 0 Å². The number of hydrogen-bond acceptors (Lipinski definition) is 0. The first kappa shape index (κ1) is 6.12. The molecule has 0 unspecified atom stereocenters. The van der Waals surface area contributed by atoms with Crippen LogP contribution in [-0.4, -0.2) is 26.3 Å². The molecule has 0 saturated heterocycles. The predicted molar refractivity (Wildman–Crippen MR) is 29.1 cm³/mol. The van der Waals surface area contributed by atoms with Gasteiger partial charge in [0.25, 0.3) is 0 Å². The zero-order valence-electron chi connectivity index (χ0n) is 3.89. The molecule has 0 heterocycles. The van der Waals surface area contributed by atoms with Crippen molar-refractivity contribution in [2.24, 2.45) is 0 Å². The van der Waals surface area contributed by atoms with Gasteiger partial charge in [-0.1, -0.05) is 0 Å². The standard InChI is InChI=1S/C3H9As2/c1-4-5(2)3/h1-3H3. The summed E-state index contributed by atoms with van der Waals surface area (Å²) < 4.78 is 0. The average molecular weight is 195 g/mol. The fourth-order valence-electron chi connectivity index (χ4n) is 0. The average Bonchev–Trinajstić information content (AvgIpc) is 1.38. The molecule has 0 aromatic carbocycles. The molecule has 0 aliphatic carbocycles. The van der Waals surface area contributed by atoms with Crippen LogP contribution in [-0.2, 0) is 0 Å². The summed E-state index contributed by atoms with van der Waals surface area (Å²) in [5.41, 5.74) is 7.18. The van der Waals surface area contributed by atoms with Gasteiger partial charge in [0.1, 0.15) is 0 Å². The summed E-state index contributed by atoms with van der Waals surface area (Å²) in [6, 6.07) is 0. The van der Waals surface area contributed by atoms with E-state index >= 15 is 0 Å². The van der Waals surface area contributed by atoms with Crippen LogP contribution in [0.2, 0.25) is 17.1 Å². The van der Waals surface area contributed by atoms with Crippen molar-refractivity contribution in [2.75, 3.05) is 0 Å². The molecule has 0 rings (SSSR count). The molecule has 0 aliphatic heterocycles. The number of hydrogen-bond donors (Lipinski definition) is 0. The molecule has 0 nitrogen and oxygen atoms in total. The molecule has 0 aliphatic rings. The van der Waals surface area contributed by atoms with E-state index in [-0.39, 0.29) is 12.6 Å². The fraction of sp³-hybridized carbons (Fsp3) is 1.00. The molecule has 2 heteroatoms. The Morgan fingerprint density at radius 3 is 1.60 bits per heavy atom. The summed E-state index contributed by atoms with van der Waals surface area (Å²) >= 11 is 0.698. The van der Waals surface area contributed by atoms with E-state index in [1.807, 2.05) is 0 Å². The van der Waals surface area contributed by atoms with Crippen LogP contribution >= 0.6 is 0 Å². The van der Waals surface area contributed by atoms with E-state index in [1.54, 1.807) is 0 Å². The van der Waals surface area contributed by atoms with Gasteiger partial charge in [-0.2, -0.15) is 0 Å². The fourth-order valence-corrected chi connectivity index (χ4v) is 0. The Balaban J connectivity index is 2.54. The molecule has 0 spiro atoms. The summed E-state index contributed by atoms with van der Waals surface area (Å²) in [6.07, 6.45) is 0. The van der Waals surface area contributed by atoms with Gasteiger partial charge in [0.05, 0.1) is 0 Å². The third-order valence-electron chi connectivity index (χ3n) is 0.400. The topological polar surface area (TPSA) is 0 Å². The SMILES string of the molecule is C[As][As](C)C. The minimum atomic E-state index is -0.108. The molecule has 0 N–H and O–H groups in total. The second kappa shape index (κ2) is 3.31. The molecule has 0 saturated carbocycles. The van der Waals surface area contributed by atoms with Gasteiger partial charge in [0.2, 0.25) is 0 Å². The molecular formula is C3H9As2. The molecule has 1 radical (unpaired) electrons. The van der Waals surface area contributed by atoms with Gasteiger partial charge < -0.3 is 0 Å². The first-order valence-electron chi connectivity index (χ1n) is 1.54. The zero-order valence-corrected chi connectivity index (χ0v) is 7.65.